The van der Waals surface area contributed by atoms with Crippen molar-refractivity contribution >= 4 is 22.6 Å². The van der Waals surface area contributed by atoms with Gasteiger partial charge in [0.25, 0.3) is 0 Å². The second-order valence-corrected chi connectivity index (χ2v) is 8.59. The van der Waals surface area contributed by atoms with Gasteiger partial charge in [0.15, 0.2) is 0 Å². The maximum absolute atomic E-state index is 11.9. The predicted molar refractivity (Wildman–Crippen MR) is 92.1 cm³/mol. The van der Waals surface area contributed by atoms with E-state index in [1.54, 1.807) is 12.1 Å². The third-order valence-electron chi connectivity index (χ3n) is 4.76. The zero-order valence-electron chi connectivity index (χ0n) is 14.5. The average Bonchev–Trinajstić information content (AvgIpc) is 2.63. The van der Waals surface area contributed by atoms with Crippen LogP contribution in [0.3, 0.4) is 0 Å². The lowest BCUT2D eigenvalue weighted by Gasteiger charge is -2.32. The zero-order valence-corrected chi connectivity index (χ0v) is 15.4. The smallest absolute Gasteiger partial charge is 0.399 e. The van der Waals surface area contributed by atoms with Crippen LogP contribution in [0.2, 0.25) is 0 Å². The Bertz CT molecular complexity index is 669. The van der Waals surface area contributed by atoms with E-state index in [0.717, 1.165) is 18.3 Å². The minimum Gasteiger partial charge on any atom is -0.399 e. The number of unbranched alkanes of at least 4 members (excludes halogenated alkanes) is 1. The van der Waals surface area contributed by atoms with Gasteiger partial charge in [0.2, 0.25) is 10.0 Å². The summed E-state index contributed by atoms with van der Waals surface area (Å²) < 4.78 is 36.0. The van der Waals surface area contributed by atoms with Crippen molar-refractivity contribution in [1.29, 1.82) is 0 Å². The number of rotatable bonds is 5. The van der Waals surface area contributed by atoms with Gasteiger partial charge in [-0.2, -0.15) is 0 Å². The van der Waals surface area contributed by atoms with Gasteiger partial charge in [-0.25, -0.2) is 13.6 Å². The molecule has 0 aromatic heterocycles. The minimum absolute atomic E-state index is 0.165. The van der Waals surface area contributed by atoms with Gasteiger partial charge in [-0.05, 0) is 57.6 Å². The van der Waals surface area contributed by atoms with E-state index in [1.807, 2.05) is 33.8 Å². The number of sulfonamides is 1. The summed E-state index contributed by atoms with van der Waals surface area (Å²) in [5, 5.41) is 5.39. The largest absolute Gasteiger partial charge is 0.495 e. The molecule has 0 unspecified atom stereocenters. The van der Waals surface area contributed by atoms with E-state index in [4.69, 9.17) is 14.4 Å². The highest BCUT2D eigenvalue weighted by atomic mass is 32.2. The molecule has 1 aliphatic rings. The van der Waals surface area contributed by atoms with Crippen molar-refractivity contribution in [2.24, 2.45) is 5.14 Å². The molecule has 2 N–H and O–H groups in total. The van der Waals surface area contributed by atoms with Crippen molar-refractivity contribution in [3.05, 3.63) is 23.8 Å². The van der Waals surface area contributed by atoms with E-state index in [9.17, 15) is 8.42 Å². The molecule has 2 rings (SSSR count). The second kappa shape index (κ2) is 6.20. The Balaban J connectivity index is 2.51. The Kier molecular flexibility index (Phi) is 4.98. The van der Waals surface area contributed by atoms with E-state index in [0.29, 0.717) is 12.0 Å². The summed E-state index contributed by atoms with van der Waals surface area (Å²) >= 11 is 0. The van der Waals surface area contributed by atoms with Gasteiger partial charge in [0, 0.05) is 0 Å². The first-order chi connectivity index (χ1) is 10.5. The fraction of sp³-hybridized carbons (Fsp3) is 0.625. The molecular formula is C16H26BNO4S. The van der Waals surface area contributed by atoms with Crippen molar-refractivity contribution in [3.8, 4) is 0 Å². The lowest BCUT2D eigenvalue weighted by Crippen LogP contribution is -2.41. The summed E-state index contributed by atoms with van der Waals surface area (Å²) in [6.45, 7) is 9.96. The number of hydrogen-bond donors (Lipinski definition) is 1. The molecule has 0 bridgehead atoms. The minimum atomic E-state index is -3.78. The van der Waals surface area contributed by atoms with Crippen LogP contribution in [0.5, 0.6) is 0 Å². The van der Waals surface area contributed by atoms with E-state index in [-0.39, 0.29) is 4.90 Å². The summed E-state index contributed by atoms with van der Waals surface area (Å²) in [6.07, 6.45) is 2.46. The van der Waals surface area contributed by atoms with Gasteiger partial charge in [-0.3, -0.25) is 0 Å². The molecule has 0 radical (unpaired) electrons. The maximum atomic E-state index is 11.9. The third-order valence-corrected chi connectivity index (χ3v) is 5.76. The quantitative estimate of drug-likeness (QED) is 0.832. The second-order valence-electron chi connectivity index (χ2n) is 7.06. The average molecular weight is 339 g/mol. The van der Waals surface area contributed by atoms with Crippen molar-refractivity contribution in [1.82, 2.24) is 0 Å². The number of benzene rings is 1. The van der Waals surface area contributed by atoms with E-state index < -0.39 is 28.3 Å². The van der Waals surface area contributed by atoms with Crippen LogP contribution >= 0.6 is 0 Å². The molecule has 1 aromatic carbocycles. The predicted octanol–water partition coefficient (Wildman–Crippen LogP) is 1.98. The molecule has 23 heavy (non-hydrogen) atoms. The van der Waals surface area contributed by atoms with Crippen LogP contribution in [-0.2, 0) is 25.8 Å². The highest BCUT2D eigenvalue weighted by molar-refractivity contribution is 7.89. The lowest BCUT2D eigenvalue weighted by molar-refractivity contribution is 0.00578. The lowest BCUT2D eigenvalue weighted by atomic mass is 9.75. The molecule has 0 atom stereocenters. The number of nitrogens with two attached hydrogens (primary N) is 1. The standard InChI is InChI=1S/C16H26BNO4S/c1-6-7-9-12-13(10-8-11-14(12)23(18,19)20)17-21-15(2,3)16(4,5)22-17/h8,10-11H,6-7,9H2,1-5H3,(H2,18,19,20). The fourth-order valence-corrected chi connectivity index (χ4v) is 3.49. The van der Waals surface area contributed by atoms with Crippen molar-refractivity contribution in [2.45, 2.75) is 70.0 Å². The molecule has 1 aliphatic heterocycles. The molecule has 0 aliphatic carbocycles. The van der Waals surface area contributed by atoms with Crippen LogP contribution in [0, 0.1) is 0 Å². The van der Waals surface area contributed by atoms with Crippen LogP contribution in [-0.4, -0.2) is 26.7 Å². The van der Waals surface area contributed by atoms with E-state index >= 15 is 0 Å². The summed E-state index contributed by atoms with van der Waals surface area (Å²) in [7, 11) is -4.37. The SMILES string of the molecule is CCCCc1c(B2OC(C)(C)C(C)(C)O2)cccc1S(N)(=O)=O. The zero-order chi connectivity index (χ0) is 17.5. The Morgan fingerprint density at radius 3 is 2.17 bits per heavy atom. The normalized spacial score (nSPS) is 20.0. The van der Waals surface area contributed by atoms with Gasteiger partial charge in [0.1, 0.15) is 0 Å². The molecule has 7 heteroatoms. The Morgan fingerprint density at radius 1 is 1.13 bits per heavy atom. The number of hydrogen-bond acceptors (Lipinski definition) is 4. The maximum Gasteiger partial charge on any atom is 0.495 e. The molecule has 5 nitrogen and oxygen atoms in total. The summed E-state index contributed by atoms with van der Waals surface area (Å²) in [4.78, 5) is 0.165. The Labute approximate surface area is 139 Å². The van der Waals surface area contributed by atoms with E-state index in [2.05, 4.69) is 6.92 Å². The third kappa shape index (κ3) is 3.63. The number of primary sulfonamides is 1. The van der Waals surface area contributed by atoms with Crippen LogP contribution in [0.15, 0.2) is 23.1 Å². The molecule has 1 heterocycles. The molecular weight excluding hydrogens is 313 g/mol. The first-order valence-electron chi connectivity index (χ1n) is 8.00. The van der Waals surface area contributed by atoms with Crippen LogP contribution in [0.1, 0.15) is 53.0 Å². The molecule has 1 fully saturated rings. The Hall–Kier alpha value is -0.885. The van der Waals surface area contributed by atoms with Crippen molar-refractivity contribution in [2.75, 3.05) is 0 Å². The highest BCUT2D eigenvalue weighted by Gasteiger charge is 2.52. The van der Waals surface area contributed by atoms with Crippen LogP contribution < -0.4 is 10.6 Å². The molecule has 0 saturated carbocycles. The topological polar surface area (TPSA) is 78.6 Å². The summed E-state index contributed by atoms with van der Waals surface area (Å²) in [6, 6.07) is 5.10. The van der Waals surface area contributed by atoms with Gasteiger partial charge >= 0.3 is 7.12 Å². The van der Waals surface area contributed by atoms with Gasteiger partial charge in [-0.15, -0.1) is 0 Å². The molecule has 128 valence electrons. The van der Waals surface area contributed by atoms with Crippen molar-refractivity contribution in [3.63, 3.8) is 0 Å². The summed E-state index contributed by atoms with van der Waals surface area (Å²) in [5.41, 5.74) is 0.508. The molecule has 1 saturated heterocycles. The first kappa shape index (κ1) is 18.5. The van der Waals surface area contributed by atoms with Crippen molar-refractivity contribution < 1.29 is 17.7 Å². The Morgan fingerprint density at radius 2 is 1.70 bits per heavy atom. The van der Waals surface area contributed by atoms with Crippen LogP contribution in [0.25, 0.3) is 0 Å². The molecule has 0 spiro atoms. The highest BCUT2D eigenvalue weighted by Crippen LogP contribution is 2.37. The molecule has 0 amide bonds. The van der Waals surface area contributed by atoms with Gasteiger partial charge in [-0.1, -0.05) is 25.5 Å². The van der Waals surface area contributed by atoms with Gasteiger partial charge < -0.3 is 9.31 Å². The monoisotopic (exact) mass is 339 g/mol. The van der Waals surface area contributed by atoms with Gasteiger partial charge in [0.05, 0.1) is 16.1 Å². The molecule has 1 aromatic rings. The van der Waals surface area contributed by atoms with E-state index in [1.165, 1.54) is 0 Å². The van der Waals surface area contributed by atoms with Crippen LogP contribution in [0.4, 0.5) is 0 Å². The first-order valence-corrected chi connectivity index (χ1v) is 9.54. The fourth-order valence-electron chi connectivity index (χ4n) is 2.66. The summed E-state index contributed by atoms with van der Waals surface area (Å²) in [5.74, 6) is 0.